The van der Waals surface area contributed by atoms with Crippen molar-refractivity contribution in [2.45, 2.75) is 13.5 Å². The molecule has 8 nitrogen and oxygen atoms in total. The summed E-state index contributed by atoms with van der Waals surface area (Å²) in [6.07, 6.45) is 0. The van der Waals surface area contributed by atoms with Crippen LogP contribution in [0.25, 0.3) is 11.1 Å². The molecule has 8 heteroatoms. The summed E-state index contributed by atoms with van der Waals surface area (Å²) in [4.78, 5) is 31.7. The number of benzene rings is 2. The van der Waals surface area contributed by atoms with Crippen LogP contribution in [0.5, 0.6) is 0 Å². The summed E-state index contributed by atoms with van der Waals surface area (Å²) < 4.78 is 5.84. The van der Waals surface area contributed by atoms with Gasteiger partial charge in [-0.2, -0.15) is 4.98 Å². The first-order valence-corrected chi connectivity index (χ1v) is 9.47. The molecule has 0 bridgehead atoms. The van der Waals surface area contributed by atoms with Crippen molar-refractivity contribution in [2.24, 2.45) is 0 Å². The van der Waals surface area contributed by atoms with Crippen LogP contribution in [0.3, 0.4) is 0 Å². The number of fused-ring (bicyclic) bond motifs is 1. The predicted molar refractivity (Wildman–Crippen MR) is 108 cm³/mol. The van der Waals surface area contributed by atoms with Crippen LogP contribution in [0.15, 0.2) is 46.9 Å². The van der Waals surface area contributed by atoms with Gasteiger partial charge in [0.2, 0.25) is 0 Å². The van der Waals surface area contributed by atoms with Crippen molar-refractivity contribution in [2.75, 3.05) is 31.1 Å². The third-order valence-electron chi connectivity index (χ3n) is 5.01. The highest BCUT2D eigenvalue weighted by Gasteiger charge is 2.24. The number of oxazole rings is 1. The molecule has 1 aliphatic rings. The van der Waals surface area contributed by atoms with E-state index >= 15 is 0 Å². The lowest BCUT2D eigenvalue weighted by Crippen LogP contribution is -2.51. The van der Waals surface area contributed by atoms with E-state index < -0.39 is 5.97 Å². The third kappa shape index (κ3) is 4.16. The Morgan fingerprint density at radius 2 is 1.83 bits per heavy atom. The van der Waals surface area contributed by atoms with Crippen molar-refractivity contribution in [1.82, 2.24) is 15.2 Å². The second-order valence-electron chi connectivity index (χ2n) is 7.10. The Bertz CT molecular complexity index is 1040. The smallest absolute Gasteiger partial charge is 0.335 e. The monoisotopic (exact) mass is 394 g/mol. The second kappa shape index (κ2) is 7.83. The van der Waals surface area contributed by atoms with Gasteiger partial charge in [0.1, 0.15) is 5.52 Å². The minimum atomic E-state index is -0.965. The normalized spacial score (nSPS) is 14.2. The van der Waals surface area contributed by atoms with Crippen molar-refractivity contribution in [3.8, 4) is 0 Å². The molecule has 0 atom stereocenters. The molecule has 3 aromatic rings. The number of carbonyl (C=O) groups is 2. The van der Waals surface area contributed by atoms with Gasteiger partial charge >= 0.3 is 12.0 Å². The molecular weight excluding hydrogens is 372 g/mol. The van der Waals surface area contributed by atoms with E-state index in [1.165, 1.54) is 12.1 Å². The van der Waals surface area contributed by atoms with Crippen LogP contribution in [0.4, 0.5) is 10.8 Å². The highest BCUT2D eigenvalue weighted by molar-refractivity contribution is 5.87. The fourth-order valence-corrected chi connectivity index (χ4v) is 3.32. The highest BCUT2D eigenvalue weighted by Crippen LogP contribution is 2.23. The van der Waals surface area contributed by atoms with Crippen molar-refractivity contribution in [3.05, 3.63) is 59.2 Å². The quantitative estimate of drug-likeness (QED) is 0.706. The molecular formula is C21H22N4O4. The van der Waals surface area contributed by atoms with E-state index in [1.807, 2.05) is 30.0 Å². The Morgan fingerprint density at radius 1 is 1.10 bits per heavy atom. The van der Waals surface area contributed by atoms with E-state index in [-0.39, 0.29) is 11.6 Å². The van der Waals surface area contributed by atoms with E-state index in [1.54, 1.807) is 17.0 Å². The number of amides is 2. The van der Waals surface area contributed by atoms with Crippen LogP contribution in [0, 0.1) is 6.92 Å². The highest BCUT2D eigenvalue weighted by atomic mass is 16.4. The number of urea groups is 1. The molecule has 29 heavy (non-hydrogen) atoms. The number of aromatic carboxylic acids is 1. The van der Waals surface area contributed by atoms with Crippen molar-refractivity contribution in [3.63, 3.8) is 0 Å². The molecule has 1 saturated heterocycles. The molecule has 4 rings (SSSR count). The molecule has 2 N–H and O–H groups in total. The Labute approximate surface area is 167 Å². The van der Waals surface area contributed by atoms with Gasteiger partial charge in [-0.3, -0.25) is 0 Å². The summed E-state index contributed by atoms with van der Waals surface area (Å²) in [7, 11) is 0. The topological polar surface area (TPSA) is 98.9 Å². The van der Waals surface area contributed by atoms with Gasteiger partial charge in [-0.1, -0.05) is 18.2 Å². The molecule has 0 unspecified atom stereocenters. The van der Waals surface area contributed by atoms with Crippen molar-refractivity contribution in [1.29, 1.82) is 0 Å². The number of hydrogen-bond donors (Lipinski definition) is 2. The van der Waals surface area contributed by atoms with Gasteiger partial charge in [-0.05, 0) is 42.3 Å². The van der Waals surface area contributed by atoms with Gasteiger partial charge in [0, 0.05) is 32.7 Å². The van der Waals surface area contributed by atoms with Gasteiger partial charge in [-0.25, -0.2) is 9.59 Å². The van der Waals surface area contributed by atoms with Crippen LogP contribution >= 0.6 is 0 Å². The molecule has 150 valence electrons. The molecule has 0 spiro atoms. The van der Waals surface area contributed by atoms with Crippen LogP contribution < -0.4 is 10.2 Å². The van der Waals surface area contributed by atoms with Crippen LogP contribution in [0.2, 0.25) is 0 Å². The Morgan fingerprint density at radius 3 is 2.52 bits per heavy atom. The maximum absolute atomic E-state index is 12.4. The summed E-state index contributed by atoms with van der Waals surface area (Å²) >= 11 is 0. The van der Waals surface area contributed by atoms with Crippen LogP contribution in [-0.4, -0.2) is 53.2 Å². The summed E-state index contributed by atoms with van der Waals surface area (Å²) in [5, 5.41) is 11.8. The van der Waals surface area contributed by atoms with E-state index in [2.05, 4.69) is 10.3 Å². The lowest BCUT2D eigenvalue weighted by molar-refractivity contribution is 0.0697. The second-order valence-corrected chi connectivity index (χ2v) is 7.10. The summed E-state index contributed by atoms with van der Waals surface area (Å²) in [5.41, 5.74) is 3.82. The molecule has 2 aromatic carbocycles. The number of nitrogens with zero attached hydrogens (tertiary/aromatic N) is 3. The molecule has 1 aromatic heterocycles. The molecule has 1 fully saturated rings. The lowest BCUT2D eigenvalue weighted by Gasteiger charge is -2.33. The number of nitrogens with one attached hydrogen (secondary N) is 1. The number of anilines is 1. The Balaban J connectivity index is 1.30. The summed E-state index contributed by atoms with van der Waals surface area (Å²) in [6, 6.07) is 12.8. The van der Waals surface area contributed by atoms with E-state index in [9.17, 15) is 9.59 Å². The zero-order chi connectivity index (χ0) is 20.4. The predicted octanol–water partition coefficient (Wildman–Crippen LogP) is 2.87. The summed E-state index contributed by atoms with van der Waals surface area (Å²) in [6.45, 7) is 4.80. The average Bonchev–Trinajstić information content (AvgIpc) is 3.15. The molecule has 2 heterocycles. The first-order chi connectivity index (χ1) is 14.0. The first kappa shape index (κ1) is 18.8. The van der Waals surface area contributed by atoms with Crippen LogP contribution in [-0.2, 0) is 6.54 Å². The molecule has 0 radical (unpaired) electrons. The molecule has 1 aliphatic heterocycles. The molecule has 0 saturated carbocycles. The molecule has 2 amide bonds. The van der Waals surface area contributed by atoms with Gasteiger partial charge in [-0.15, -0.1) is 0 Å². The minimum absolute atomic E-state index is 0.139. The fourth-order valence-electron chi connectivity index (χ4n) is 3.32. The number of hydrogen-bond acceptors (Lipinski definition) is 5. The number of carbonyl (C=O) groups excluding carboxylic acids is 1. The van der Waals surface area contributed by atoms with E-state index in [0.717, 1.165) is 22.2 Å². The van der Waals surface area contributed by atoms with Crippen molar-refractivity contribution < 1.29 is 19.1 Å². The van der Waals surface area contributed by atoms with E-state index in [0.29, 0.717) is 38.7 Å². The van der Waals surface area contributed by atoms with Crippen LogP contribution in [0.1, 0.15) is 21.5 Å². The first-order valence-electron chi connectivity index (χ1n) is 9.47. The maximum Gasteiger partial charge on any atom is 0.335 e. The fraction of sp³-hybridized carbons (Fsp3) is 0.286. The standard InChI is InChI=1S/C21H22N4O4/c1-14-2-7-18-17(12-14)23-21(29-18)25-10-8-24(9-11-25)20(28)22-13-15-3-5-16(6-4-15)19(26)27/h2-7,12H,8-11,13H2,1H3,(H,22,28)(H,26,27). The number of aromatic nitrogens is 1. The largest absolute Gasteiger partial charge is 0.478 e. The minimum Gasteiger partial charge on any atom is -0.478 e. The SMILES string of the molecule is Cc1ccc2oc(N3CCN(C(=O)NCc4ccc(C(=O)O)cc4)CC3)nc2c1. The van der Waals surface area contributed by atoms with E-state index in [4.69, 9.17) is 9.52 Å². The maximum atomic E-state index is 12.4. The van der Waals surface area contributed by atoms with Gasteiger partial charge < -0.3 is 24.6 Å². The van der Waals surface area contributed by atoms with Gasteiger partial charge in [0.25, 0.3) is 6.01 Å². The number of rotatable bonds is 4. The number of carboxylic acid groups (broad SMARTS) is 1. The third-order valence-corrected chi connectivity index (χ3v) is 5.01. The van der Waals surface area contributed by atoms with Gasteiger partial charge in [0.15, 0.2) is 5.58 Å². The average molecular weight is 394 g/mol. The molecule has 0 aliphatic carbocycles. The summed E-state index contributed by atoms with van der Waals surface area (Å²) in [5.74, 6) is -0.965. The number of carboxylic acids is 1. The lowest BCUT2D eigenvalue weighted by atomic mass is 10.1. The van der Waals surface area contributed by atoms with Crippen molar-refractivity contribution >= 4 is 29.1 Å². The Hall–Kier alpha value is -3.55. The zero-order valence-corrected chi connectivity index (χ0v) is 16.1. The number of aryl methyl sites for hydroxylation is 1. The van der Waals surface area contributed by atoms with Gasteiger partial charge in [0.05, 0.1) is 5.56 Å². The zero-order valence-electron chi connectivity index (χ0n) is 16.1. The number of piperazine rings is 1. The Kier molecular flexibility index (Phi) is 5.07.